The van der Waals surface area contributed by atoms with Crippen molar-refractivity contribution < 1.29 is 8.78 Å². The van der Waals surface area contributed by atoms with Crippen LogP contribution in [0.1, 0.15) is 11.1 Å². The Balaban J connectivity index is 2.18. The number of nitrogens with zero attached hydrogens (tertiary/aromatic N) is 1. The SMILES string of the molecule is CNc1nc(SCc2ccccc2C)c(F)cc1F. The van der Waals surface area contributed by atoms with Crippen molar-refractivity contribution in [2.45, 2.75) is 17.7 Å². The van der Waals surface area contributed by atoms with E-state index < -0.39 is 11.6 Å². The molecule has 0 radical (unpaired) electrons. The van der Waals surface area contributed by atoms with Gasteiger partial charge in [-0.1, -0.05) is 36.0 Å². The fourth-order valence-electron chi connectivity index (χ4n) is 1.64. The maximum absolute atomic E-state index is 13.6. The minimum atomic E-state index is -0.680. The fraction of sp³-hybridized carbons (Fsp3) is 0.214. The molecule has 19 heavy (non-hydrogen) atoms. The lowest BCUT2D eigenvalue weighted by molar-refractivity contribution is 0.551. The molecule has 2 aromatic rings. The monoisotopic (exact) mass is 280 g/mol. The molecule has 0 atom stereocenters. The zero-order valence-corrected chi connectivity index (χ0v) is 11.5. The molecule has 2 nitrogen and oxygen atoms in total. The summed E-state index contributed by atoms with van der Waals surface area (Å²) in [6.07, 6.45) is 0. The summed E-state index contributed by atoms with van der Waals surface area (Å²) in [6, 6.07) is 8.75. The third kappa shape index (κ3) is 3.23. The van der Waals surface area contributed by atoms with Crippen LogP contribution in [0.4, 0.5) is 14.6 Å². The van der Waals surface area contributed by atoms with Gasteiger partial charge in [0.25, 0.3) is 0 Å². The molecular weight excluding hydrogens is 266 g/mol. The van der Waals surface area contributed by atoms with Crippen LogP contribution in [0.25, 0.3) is 0 Å². The molecule has 5 heteroatoms. The Morgan fingerprint density at radius 2 is 1.95 bits per heavy atom. The standard InChI is InChI=1S/C14H14F2N2S/c1-9-5-3-4-6-10(9)8-19-14-12(16)7-11(15)13(17-2)18-14/h3-7H,8H2,1-2H3,(H,17,18). The quantitative estimate of drug-likeness (QED) is 0.857. The highest BCUT2D eigenvalue weighted by atomic mass is 32.2. The van der Waals surface area contributed by atoms with Gasteiger partial charge in [0.05, 0.1) is 0 Å². The Morgan fingerprint density at radius 3 is 2.63 bits per heavy atom. The maximum Gasteiger partial charge on any atom is 0.168 e. The first-order valence-corrected chi connectivity index (χ1v) is 6.81. The molecule has 0 saturated carbocycles. The number of pyridine rings is 1. The molecule has 1 heterocycles. The van der Waals surface area contributed by atoms with Crippen molar-refractivity contribution in [2.24, 2.45) is 0 Å². The average molecular weight is 280 g/mol. The van der Waals surface area contributed by atoms with Gasteiger partial charge in [0, 0.05) is 18.9 Å². The Bertz CT molecular complexity index is 588. The molecule has 0 saturated heterocycles. The maximum atomic E-state index is 13.6. The number of aryl methyl sites for hydroxylation is 1. The summed E-state index contributed by atoms with van der Waals surface area (Å²) in [5, 5.41) is 2.81. The number of benzene rings is 1. The van der Waals surface area contributed by atoms with Crippen LogP contribution >= 0.6 is 11.8 Å². The van der Waals surface area contributed by atoms with Crippen LogP contribution in [0.5, 0.6) is 0 Å². The summed E-state index contributed by atoms with van der Waals surface area (Å²) < 4.78 is 26.9. The molecule has 1 aromatic carbocycles. The van der Waals surface area contributed by atoms with Gasteiger partial charge in [-0.05, 0) is 18.1 Å². The molecule has 2 rings (SSSR count). The van der Waals surface area contributed by atoms with E-state index in [0.717, 1.165) is 17.2 Å². The number of halogens is 2. The highest BCUT2D eigenvalue weighted by Gasteiger charge is 2.11. The predicted molar refractivity (Wildman–Crippen MR) is 74.4 cm³/mol. The van der Waals surface area contributed by atoms with Crippen molar-refractivity contribution >= 4 is 17.6 Å². The Hall–Kier alpha value is -1.62. The summed E-state index contributed by atoms with van der Waals surface area (Å²) in [5.41, 5.74) is 2.26. The summed E-state index contributed by atoms with van der Waals surface area (Å²) in [6.45, 7) is 2.00. The lowest BCUT2D eigenvalue weighted by Gasteiger charge is -2.08. The molecule has 100 valence electrons. The van der Waals surface area contributed by atoms with E-state index in [-0.39, 0.29) is 10.8 Å². The lowest BCUT2D eigenvalue weighted by Crippen LogP contribution is -2.00. The fourth-order valence-corrected chi connectivity index (χ4v) is 2.61. The summed E-state index contributed by atoms with van der Waals surface area (Å²) in [4.78, 5) is 3.94. The van der Waals surface area contributed by atoms with E-state index in [1.165, 1.54) is 11.8 Å². The average Bonchev–Trinajstić information content (AvgIpc) is 2.39. The van der Waals surface area contributed by atoms with E-state index in [2.05, 4.69) is 10.3 Å². The van der Waals surface area contributed by atoms with Gasteiger partial charge >= 0.3 is 0 Å². The molecular formula is C14H14F2N2S. The molecule has 1 aromatic heterocycles. The minimum Gasteiger partial charge on any atom is -0.371 e. The van der Waals surface area contributed by atoms with Crippen LogP contribution in [0, 0.1) is 18.6 Å². The highest BCUT2D eigenvalue weighted by molar-refractivity contribution is 7.98. The second-order valence-electron chi connectivity index (χ2n) is 4.07. The first-order valence-electron chi connectivity index (χ1n) is 5.83. The Labute approximate surface area is 115 Å². The third-order valence-corrected chi connectivity index (χ3v) is 3.77. The Kier molecular flexibility index (Phi) is 4.37. The van der Waals surface area contributed by atoms with E-state index in [9.17, 15) is 8.78 Å². The van der Waals surface area contributed by atoms with Crippen LogP contribution in [0.15, 0.2) is 35.4 Å². The molecule has 0 aliphatic rings. The predicted octanol–water partition coefficient (Wildman–Crippen LogP) is 4.00. The largest absolute Gasteiger partial charge is 0.371 e. The smallest absolute Gasteiger partial charge is 0.168 e. The van der Waals surface area contributed by atoms with Gasteiger partial charge in [-0.15, -0.1) is 0 Å². The number of nitrogens with one attached hydrogen (secondary N) is 1. The topological polar surface area (TPSA) is 24.9 Å². The normalized spacial score (nSPS) is 10.5. The van der Waals surface area contributed by atoms with Crippen LogP contribution in [-0.4, -0.2) is 12.0 Å². The number of rotatable bonds is 4. The van der Waals surface area contributed by atoms with Gasteiger partial charge in [-0.2, -0.15) is 0 Å². The molecule has 0 bridgehead atoms. The van der Waals surface area contributed by atoms with Crippen molar-refractivity contribution in [1.82, 2.24) is 4.98 Å². The summed E-state index contributed by atoms with van der Waals surface area (Å²) in [7, 11) is 1.55. The van der Waals surface area contributed by atoms with Crippen molar-refractivity contribution in [2.75, 3.05) is 12.4 Å². The van der Waals surface area contributed by atoms with E-state index in [1.807, 2.05) is 31.2 Å². The molecule has 0 fully saturated rings. The number of thioether (sulfide) groups is 1. The van der Waals surface area contributed by atoms with Crippen LogP contribution < -0.4 is 5.32 Å². The number of hydrogen-bond donors (Lipinski definition) is 1. The highest BCUT2D eigenvalue weighted by Crippen LogP contribution is 2.27. The van der Waals surface area contributed by atoms with Gasteiger partial charge in [0.1, 0.15) is 5.03 Å². The van der Waals surface area contributed by atoms with E-state index in [1.54, 1.807) is 7.05 Å². The van der Waals surface area contributed by atoms with Crippen LogP contribution in [0.2, 0.25) is 0 Å². The molecule has 0 spiro atoms. The molecule has 1 N–H and O–H groups in total. The second kappa shape index (κ2) is 6.02. The van der Waals surface area contributed by atoms with Gasteiger partial charge in [0.15, 0.2) is 17.5 Å². The first-order chi connectivity index (χ1) is 9.11. The van der Waals surface area contributed by atoms with Crippen LogP contribution in [-0.2, 0) is 5.75 Å². The van der Waals surface area contributed by atoms with Crippen LogP contribution in [0.3, 0.4) is 0 Å². The number of aromatic nitrogens is 1. The van der Waals surface area contributed by atoms with Gasteiger partial charge in [0.2, 0.25) is 0 Å². The molecule has 0 aliphatic carbocycles. The minimum absolute atomic E-state index is 0.0636. The van der Waals surface area contributed by atoms with E-state index >= 15 is 0 Å². The van der Waals surface area contributed by atoms with E-state index in [4.69, 9.17) is 0 Å². The van der Waals surface area contributed by atoms with Crippen molar-refractivity contribution in [3.63, 3.8) is 0 Å². The van der Waals surface area contributed by atoms with Gasteiger partial charge in [-0.3, -0.25) is 0 Å². The number of anilines is 1. The van der Waals surface area contributed by atoms with Crippen molar-refractivity contribution in [3.05, 3.63) is 53.1 Å². The summed E-state index contributed by atoms with van der Waals surface area (Å²) in [5.74, 6) is -0.644. The second-order valence-corrected chi connectivity index (χ2v) is 5.03. The van der Waals surface area contributed by atoms with Crippen molar-refractivity contribution in [1.29, 1.82) is 0 Å². The molecule has 0 aliphatic heterocycles. The van der Waals surface area contributed by atoms with Gasteiger partial charge < -0.3 is 5.32 Å². The molecule has 0 unspecified atom stereocenters. The Morgan fingerprint density at radius 1 is 1.21 bits per heavy atom. The first kappa shape index (κ1) is 13.8. The number of hydrogen-bond acceptors (Lipinski definition) is 3. The lowest BCUT2D eigenvalue weighted by atomic mass is 10.1. The van der Waals surface area contributed by atoms with Crippen molar-refractivity contribution in [3.8, 4) is 0 Å². The zero-order chi connectivity index (χ0) is 13.8. The van der Waals surface area contributed by atoms with E-state index in [0.29, 0.717) is 5.75 Å². The van der Waals surface area contributed by atoms with Gasteiger partial charge in [-0.25, -0.2) is 13.8 Å². The molecule has 0 amide bonds. The third-order valence-electron chi connectivity index (χ3n) is 2.76. The zero-order valence-electron chi connectivity index (χ0n) is 10.7. The summed E-state index contributed by atoms with van der Waals surface area (Å²) >= 11 is 1.26.